The highest BCUT2D eigenvalue weighted by Gasteiger charge is 2.20. The highest BCUT2D eigenvalue weighted by molar-refractivity contribution is 6.36. The third-order valence-electron chi connectivity index (χ3n) is 4.73. The van der Waals surface area contributed by atoms with Gasteiger partial charge in [0.2, 0.25) is 5.95 Å². The minimum Gasteiger partial charge on any atom is -0.368 e. The Morgan fingerprint density at radius 1 is 1.10 bits per heavy atom. The Morgan fingerprint density at radius 2 is 1.97 bits per heavy atom. The van der Waals surface area contributed by atoms with Crippen LogP contribution >= 0.6 is 23.2 Å². The van der Waals surface area contributed by atoms with Crippen molar-refractivity contribution in [2.45, 2.75) is 13.0 Å². The van der Waals surface area contributed by atoms with E-state index in [9.17, 15) is 0 Å². The lowest BCUT2D eigenvalue weighted by molar-refractivity contribution is 0.628. The molecule has 0 saturated heterocycles. The van der Waals surface area contributed by atoms with Crippen molar-refractivity contribution in [2.24, 2.45) is 0 Å². The second kappa shape index (κ2) is 9.26. The number of nitriles is 1. The van der Waals surface area contributed by atoms with Crippen LogP contribution in [0.3, 0.4) is 0 Å². The van der Waals surface area contributed by atoms with E-state index in [-0.39, 0.29) is 0 Å². The van der Waals surface area contributed by atoms with E-state index >= 15 is 0 Å². The van der Waals surface area contributed by atoms with Crippen molar-refractivity contribution in [3.8, 4) is 17.3 Å². The third kappa shape index (κ3) is 4.62. The molecule has 152 valence electrons. The Hall–Kier alpha value is -2.92. The molecule has 0 radical (unpaired) electrons. The molecule has 2 aromatic heterocycles. The molecule has 30 heavy (non-hydrogen) atoms. The van der Waals surface area contributed by atoms with Gasteiger partial charge in [-0.2, -0.15) is 5.26 Å². The summed E-state index contributed by atoms with van der Waals surface area (Å²) >= 11 is 12.5. The smallest absolute Gasteiger partial charge is 0.223 e. The standard InChI is InChI=1S/C21H19Cl2N7/c22-14-2-3-15(17(23)9-14)20-16-12-25-6-5-18(16)29-21(30-20)27-8-7-26-19-4-1-13(10-24)11-28-19/h1-4,9,11,25H,5-8,12H2,(H,26,28)(H,27,29,30). The molecular weight excluding hydrogens is 421 g/mol. The van der Waals surface area contributed by atoms with E-state index in [1.165, 1.54) is 0 Å². The second-order valence-corrected chi connectivity index (χ2v) is 7.61. The molecule has 0 atom stereocenters. The number of anilines is 2. The third-order valence-corrected chi connectivity index (χ3v) is 5.27. The van der Waals surface area contributed by atoms with Crippen molar-refractivity contribution in [1.29, 1.82) is 5.26 Å². The summed E-state index contributed by atoms with van der Waals surface area (Å²) in [5, 5.41) is 19.8. The molecule has 4 rings (SSSR count). The first-order valence-corrected chi connectivity index (χ1v) is 10.3. The highest BCUT2D eigenvalue weighted by Crippen LogP contribution is 2.33. The second-order valence-electron chi connectivity index (χ2n) is 6.77. The van der Waals surface area contributed by atoms with Gasteiger partial charge in [0.05, 0.1) is 22.0 Å². The van der Waals surface area contributed by atoms with Crippen molar-refractivity contribution in [3.63, 3.8) is 0 Å². The van der Waals surface area contributed by atoms with E-state index in [4.69, 9.17) is 38.4 Å². The molecule has 9 heteroatoms. The zero-order valence-electron chi connectivity index (χ0n) is 16.0. The van der Waals surface area contributed by atoms with Crippen LogP contribution in [0.15, 0.2) is 36.5 Å². The maximum atomic E-state index is 8.84. The fourth-order valence-corrected chi connectivity index (χ4v) is 3.75. The van der Waals surface area contributed by atoms with Crippen LogP contribution in [-0.4, -0.2) is 34.6 Å². The molecule has 0 aliphatic carbocycles. The largest absolute Gasteiger partial charge is 0.368 e. The Morgan fingerprint density at radius 3 is 2.73 bits per heavy atom. The van der Waals surface area contributed by atoms with E-state index in [1.807, 2.05) is 12.1 Å². The van der Waals surface area contributed by atoms with Crippen LogP contribution in [0.2, 0.25) is 10.0 Å². The van der Waals surface area contributed by atoms with Crippen molar-refractivity contribution in [3.05, 3.63) is 63.4 Å². The molecule has 0 unspecified atom stereocenters. The summed E-state index contributed by atoms with van der Waals surface area (Å²) in [5.74, 6) is 1.27. The number of halogens is 2. The lowest BCUT2D eigenvalue weighted by Crippen LogP contribution is -2.26. The van der Waals surface area contributed by atoms with Crippen molar-refractivity contribution in [2.75, 3.05) is 30.3 Å². The first-order valence-electron chi connectivity index (χ1n) is 9.54. The van der Waals surface area contributed by atoms with E-state index in [2.05, 4.69) is 27.0 Å². The summed E-state index contributed by atoms with van der Waals surface area (Å²) in [4.78, 5) is 13.6. The zero-order valence-corrected chi connectivity index (χ0v) is 17.6. The zero-order chi connectivity index (χ0) is 20.9. The van der Waals surface area contributed by atoms with E-state index < -0.39 is 0 Å². The molecule has 0 saturated carbocycles. The number of nitrogens with zero attached hydrogens (tertiary/aromatic N) is 4. The highest BCUT2D eigenvalue weighted by atomic mass is 35.5. The number of hydrogen-bond donors (Lipinski definition) is 3. The fourth-order valence-electron chi connectivity index (χ4n) is 3.26. The predicted molar refractivity (Wildman–Crippen MR) is 119 cm³/mol. The number of benzene rings is 1. The lowest BCUT2D eigenvalue weighted by Gasteiger charge is -2.21. The monoisotopic (exact) mass is 439 g/mol. The number of hydrogen-bond acceptors (Lipinski definition) is 7. The average molecular weight is 440 g/mol. The topological polar surface area (TPSA) is 98.5 Å². The van der Waals surface area contributed by atoms with Crippen LogP contribution in [0.1, 0.15) is 16.8 Å². The number of nitrogens with one attached hydrogen (secondary N) is 3. The van der Waals surface area contributed by atoms with Gasteiger partial charge in [0.25, 0.3) is 0 Å². The Labute approximate surface area is 184 Å². The van der Waals surface area contributed by atoms with Gasteiger partial charge < -0.3 is 16.0 Å². The van der Waals surface area contributed by atoms with Gasteiger partial charge in [-0.1, -0.05) is 23.2 Å². The van der Waals surface area contributed by atoms with E-state index in [0.29, 0.717) is 47.0 Å². The SMILES string of the molecule is N#Cc1ccc(NCCNc2nc3c(c(-c4ccc(Cl)cc4Cl)n2)CNCC3)nc1. The lowest BCUT2D eigenvalue weighted by atomic mass is 10.0. The van der Waals surface area contributed by atoms with Gasteiger partial charge in [0.15, 0.2) is 0 Å². The summed E-state index contributed by atoms with van der Waals surface area (Å²) < 4.78 is 0. The number of aromatic nitrogens is 3. The molecule has 7 nitrogen and oxygen atoms in total. The van der Waals surface area contributed by atoms with Crippen LogP contribution in [-0.2, 0) is 13.0 Å². The molecule has 3 aromatic rings. The predicted octanol–water partition coefficient (Wildman–Crippen LogP) is 3.89. The summed E-state index contributed by atoms with van der Waals surface area (Å²) in [6.07, 6.45) is 2.37. The van der Waals surface area contributed by atoms with E-state index in [1.54, 1.807) is 24.4 Å². The van der Waals surface area contributed by atoms with Gasteiger partial charge in [-0.25, -0.2) is 15.0 Å². The molecule has 1 aliphatic rings. The van der Waals surface area contributed by atoms with Gasteiger partial charge in [-0.3, -0.25) is 0 Å². The molecule has 1 aromatic carbocycles. The average Bonchev–Trinajstić information content (AvgIpc) is 2.77. The molecule has 0 fully saturated rings. The van der Waals surface area contributed by atoms with Gasteiger partial charge in [0.1, 0.15) is 11.9 Å². The van der Waals surface area contributed by atoms with Crippen molar-refractivity contribution >= 4 is 35.0 Å². The fraction of sp³-hybridized carbons (Fsp3) is 0.238. The minimum absolute atomic E-state index is 0.531. The van der Waals surface area contributed by atoms with Crippen molar-refractivity contribution < 1.29 is 0 Å². The number of rotatable bonds is 6. The summed E-state index contributed by atoms with van der Waals surface area (Å²) in [5.41, 5.74) is 4.28. The molecule has 0 amide bonds. The maximum Gasteiger partial charge on any atom is 0.223 e. The van der Waals surface area contributed by atoms with Gasteiger partial charge in [0, 0.05) is 54.9 Å². The van der Waals surface area contributed by atoms with Gasteiger partial charge >= 0.3 is 0 Å². The number of pyridine rings is 1. The number of fused-ring (bicyclic) bond motifs is 1. The van der Waals surface area contributed by atoms with Gasteiger partial charge in [-0.05, 0) is 30.3 Å². The summed E-state index contributed by atoms with van der Waals surface area (Å²) in [7, 11) is 0. The van der Waals surface area contributed by atoms with E-state index in [0.717, 1.165) is 35.5 Å². The van der Waals surface area contributed by atoms with Crippen LogP contribution in [0.4, 0.5) is 11.8 Å². The van der Waals surface area contributed by atoms with Crippen LogP contribution < -0.4 is 16.0 Å². The Kier molecular flexibility index (Phi) is 6.29. The molecule has 3 heterocycles. The molecular formula is C21H19Cl2N7. The quantitative estimate of drug-likeness (QED) is 0.501. The summed E-state index contributed by atoms with van der Waals surface area (Å²) in [6, 6.07) is 11.0. The Balaban J connectivity index is 1.50. The van der Waals surface area contributed by atoms with Crippen molar-refractivity contribution in [1.82, 2.24) is 20.3 Å². The first kappa shape index (κ1) is 20.4. The summed E-state index contributed by atoms with van der Waals surface area (Å²) in [6.45, 7) is 2.81. The molecule has 0 bridgehead atoms. The molecule has 1 aliphatic heterocycles. The molecule has 3 N–H and O–H groups in total. The normalized spacial score (nSPS) is 12.7. The van der Waals surface area contributed by atoms with Crippen LogP contribution in [0.5, 0.6) is 0 Å². The van der Waals surface area contributed by atoms with Gasteiger partial charge in [-0.15, -0.1) is 0 Å². The molecule has 0 spiro atoms. The van der Waals surface area contributed by atoms with Crippen LogP contribution in [0.25, 0.3) is 11.3 Å². The Bertz CT molecular complexity index is 1090. The minimum atomic E-state index is 0.531. The van der Waals surface area contributed by atoms with Crippen LogP contribution in [0, 0.1) is 11.3 Å². The first-order chi connectivity index (χ1) is 14.6. The maximum absolute atomic E-state index is 8.84.